The first-order chi connectivity index (χ1) is 13.8. The van der Waals surface area contributed by atoms with E-state index in [-0.39, 0.29) is 23.2 Å². The number of fused-ring (bicyclic) bond motifs is 1. The number of halogens is 2. The molecule has 0 N–H and O–H groups in total. The molecule has 0 saturated carbocycles. The number of aromatic nitrogens is 1. The van der Waals surface area contributed by atoms with Crippen molar-refractivity contribution in [2.24, 2.45) is 0 Å². The number of hydrogen-bond donors (Lipinski definition) is 0. The number of aryl methyl sites for hydroxylation is 1. The van der Waals surface area contributed by atoms with Crippen LogP contribution in [0.3, 0.4) is 0 Å². The fraction of sp³-hybridized carbons (Fsp3) is 0.304. The standard InChI is InChI=1S/C23H24FIN2O2/c1-5-27-21-9-7-15(10-19(21)18(14(2)3)12-22(27)28)23(29)26(4)17-8-6-16(13-25)20(24)11-17/h6-12,14H,5,13H2,1-4H3. The number of alkyl halides is 1. The number of carbonyl (C=O) groups excluding carboxylic acids is 1. The van der Waals surface area contributed by atoms with Crippen LogP contribution in [0.15, 0.2) is 47.3 Å². The second kappa shape index (κ2) is 8.65. The number of amides is 1. The van der Waals surface area contributed by atoms with Gasteiger partial charge in [0.1, 0.15) is 5.82 Å². The molecule has 4 nitrogen and oxygen atoms in total. The molecule has 0 atom stereocenters. The van der Waals surface area contributed by atoms with E-state index in [1.807, 2.05) is 32.9 Å². The Morgan fingerprint density at radius 1 is 1.17 bits per heavy atom. The lowest BCUT2D eigenvalue weighted by molar-refractivity contribution is 0.0993. The first-order valence-corrected chi connectivity index (χ1v) is 11.1. The van der Waals surface area contributed by atoms with Crippen molar-refractivity contribution < 1.29 is 9.18 Å². The van der Waals surface area contributed by atoms with Gasteiger partial charge in [0.2, 0.25) is 0 Å². The summed E-state index contributed by atoms with van der Waals surface area (Å²) in [4.78, 5) is 27.0. The van der Waals surface area contributed by atoms with Crippen molar-refractivity contribution in [1.82, 2.24) is 4.57 Å². The van der Waals surface area contributed by atoms with Crippen molar-refractivity contribution >= 4 is 45.1 Å². The van der Waals surface area contributed by atoms with Gasteiger partial charge in [-0.25, -0.2) is 4.39 Å². The van der Waals surface area contributed by atoms with Crippen LogP contribution >= 0.6 is 22.6 Å². The molecular formula is C23H24FIN2O2. The van der Waals surface area contributed by atoms with Crippen LogP contribution in [0.2, 0.25) is 0 Å². The Labute approximate surface area is 183 Å². The van der Waals surface area contributed by atoms with Gasteiger partial charge in [0.15, 0.2) is 0 Å². The fourth-order valence-electron chi connectivity index (χ4n) is 3.51. The van der Waals surface area contributed by atoms with Gasteiger partial charge in [-0.2, -0.15) is 0 Å². The third-order valence-electron chi connectivity index (χ3n) is 5.20. The van der Waals surface area contributed by atoms with Gasteiger partial charge in [-0.15, -0.1) is 0 Å². The monoisotopic (exact) mass is 506 g/mol. The maximum atomic E-state index is 14.2. The summed E-state index contributed by atoms with van der Waals surface area (Å²) in [6.45, 7) is 6.55. The highest BCUT2D eigenvalue weighted by Crippen LogP contribution is 2.27. The highest BCUT2D eigenvalue weighted by Gasteiger charge is 2.18. The summed E-state index contributed by atoms with van der Waals surface area (Å²) < 4.78 is 16.5. The Bertz CT molecular complexity index is 1140. The molecule has 1 aromatic heterocycles. The molecule has 3 aromatic rings. The Kier molecular flexibility index (Phi) is 6.41. The Hall–Kier alpha value is -2.22. The molecule has 0 fully saturated rings. The maximum Gasteiger partial charge on any atom is 0.258 e. The average molecular weight is 506 g/mol. The molecule has 1 amide bonds. The Morgan fingerprint density at radius 2 is 1.90 bits per heavy atom. The average Bonchev–Trinajstić information content (AvgIpc) is 2.71. The molecule has 0 bridgehead atoms. The summed E-state index contributed by atoms with van der Waals surface area (Å²) >= 11 is 2.11. The number of pyridine rings is 1. The lowest BCUT2D eigenvalue weighted by Gasteiger charge is -2.20. The van der Waals surface area contributed by atoms with Crippen LogP contribution < -0.4 is 10.5 Å². The van der Waals surface area contributed by atoms with E-state index in [4.69, 9.17) is 0 Å². The number of rotatable bonds is 5. The molecule has 0 radical (unpaired) electrons. The number of carbonyl (C=O) groups is 1. The quantitative estimate of drug-likeness (QED) is 0.339. The van der Waals surface area contributed by atoms with Gasteiger partial charge in [0.05, 0.1) is 5.52 Å². The molecule has 0 unspecified atom stereocenters. The molecular weight excluding hydrogens is 482 g/mol. The van der Waals surface area contributed by atoms with Crippen LogP contribution in [0.4, 0.5) is 10.1 Å². The van der Waals surface area contributed by atoms with Crippen LogP contribution in [-0.2, 0) is 11.0 Å². The zero-order valence-corrected chi connectivity index (χ0v) is 19.2. The minimum absolute atomic E-state index is 0.0364. The largest absolute Gasteiger partial charge is 0.311 e. The normalized spacial score (nSPS) is 11.3. The molecule has 0 saturated heterocycles. The SMILES string of the molecule is CCn1c(=O)cc(C(C)C)c2cc(C(=O)N(C)c3ccc(CI)c(F)c3)ccc21. The van der Waals surface area contributed by atoms with Crippen LogP contribution in [0.25, 0.3) is 10.9 Å². The van der Waals surface area contributed by atoms with Gasteiger partial charge < -0.3 is 9.47 Å². The molecule has 0 aliphatic rings. The molecule has 2 aromatic carbocycles. The smallest absolute Gasteiger partial charge is 0.258 e. The van der Waals surface area contributed by atoms with Crippen molar-refractivity contribution in [2.75, 3.05) is 11.9 Å². The highest BCUT2D eigenvalue weighted by molar-refractivity contribution is 14.1. The molecule has 3 rings (SSSR count). The van der Waals surface area contributed by atoms with Crippen LogP contribution in [0, 0.1) is 5.82 Å². The number of hydrogen-bond acceptors (Lipinski definition) is 2. The van der Waals surface area contributed by atoms with Gasteiger partial charge in [-0.3, -0.25) is 9.59 Å². The van der Waals surface area contributed by atoms with Crippen molar-refractivity contribution in [2.45, 2.75) is 37.7 Å². The van der Waals surface area contributed by atoms with E-state index in [2.05, 4.69) is 22.6 Å². The maximum absolute atomic E-state index is 14.2. The lowest BCUT2D eigenvalue weighted by atomic mass is 9.97. The third-order valence-corrected chi connectivity index (χ3v) is 6.02. The molecule has 1 heterocycles. The van der Waals surface area contributed by atoms with Gasteiger partial charge in [0, 0.05) is 40.7 Å². The number of benzene rings is 2. The zero-order valence-electron chi connectivity index (χ0n) is 17.0. The predicted molar refractivity (Wildman–Crippen MR) is 125 cm³/mol. The van der Waals surface area contributed by atoms with Gasteiger partial charge in [-0.05, 0) is 54.3 Å². The van der Waals surface area contributed by atoms with E-state index in [0.717, 1.165) is 16.5 Å². The Balaban J connectivity index is 2.08. The number of nitrogens with zero attached hydrogens (tertiary/aromatic N) is 2. The predicted octanol–water partition coefficient (Wildman–Crippen LogP) is 5.50. The zero-order chi connectivity index (χ0) is 21.3. The van der Waals surface area contributed by atoms with Gasteiger partial charge in [-0.1, -0.05) is 42.5 Å². The summed E-state index contributed by atoms with van der Waals surface area (Å²) in [6.07, 6.45) is 0. The first-order valence-electron chi connectivity index (χ1n) is 9.58. The summed E-state index contributed by atoms with van der Waals surface area (Å²) in [7, 11) is 1.64. The van der Waals surface area contributed by atoms with Crippen LogP contribution in [-0.4, -0.2) is 17.5 Å². The molecule has 152 valence electrons. The van der Waals surface area contributed by atoms with Crippen LogP contribution in [0.1, 0.15) is 48.2 Å². The van der Waals surface area contributed by atoms with E-state index in [1.54, 1.807) is 35.9 Å². The second-order valence-corrected chi connectivity index (χ2v) is 8.11. The molecule has 6 heteroatoms. The minimum Gasteiger partial charge on any atom is -0.311 e. The van der Waals surface area contributed by atoms with Crippen molar-refractivity contribution in [1.29, 1.82) is 0 Å². The molecule has 0 spiro atoms. The topological polar surface area (TPSA) is 42.3 Å². The summed E-state index contributed by atoms with van der Waals surface area (Å²) in [6, 6.07) is 11.9. The number of anilines is 1. The minimum atomic E-state index is -0.316. The van der Waals surface area contributed by atoms with E-state index in [9.17, 15) is 14.0 Å². The van der Waals surface area contributed by atoms with E-state index < -0.39 is 0 Å². The first kappa shape index (κ1) is 21.5. The van der Waals surface area contributed by atoms with Gasteiger partial charge >= 0.3 is 0 Å². The van der Waals surface area contributed by atoms with E-state index >= 15 is 0 Å². The molecule has 29 heavy (non-hydrogen) atoms. The van der Waals surface area contributed by atoms with Crippen molar-refractivity contribution in [3.8, 4) is 0 Å². The fourth-order valence-corrected chi connectivity index (χ4v) is 4.13. The van der Waals surface area contributed by atoms with E-state index in [0.29, 0.717) is 27.8 Å². The van der Waals surface area contributed by atoms with Gasteiger partial charge in [0.25, 0.3) is 11.5 Å². The highest BCUT2D eigenvalue weighted by atomic mass is 127. The van der Waals surface area contributed by atoms with E-state index in [1.165, 1.54) is 11.0 Å². The van der Waals surface area contributed by atoms with Crippen molar-refractivity contribution in [3.05, 3.63) is 75.3 Å². The molecule has 0 aliphatic carbocycles. The second-order valence-electron chi connectivity index (χ2n) is 7.34. The van der Waals surface area contributed by atoms with Crippen LogP contribution in [0.5, 0.6) is 0 Å². The summed E-state index contributed by atoms with van der Waals surface area (Å²) in [5, 5.41) is 0.896. The Morgan fingerprint density at radius 3 is 2.48 bits per heavy atom. The summed E-state index contributed by atoms with van der Waals surface area (Å²) in [5.74, 6) is -0.392. The lowest BCUT2D eigenvalue weighted by Crippen LogP contribution is -2.26. The van der Waals surface area contributed by atoms with Crippen molar-refractivity contribution in [3.63, 3.8) is 0 Å². The summed E-state index contributed by atoms with van der Waals surface area (Å²) in [5.41, 5.74) is 3.32. The molecule has 0 aliphatic heterocycles. The third kappa shape index (κ3) is 4.08.